The standard InChI is InChI=1S/C27H17ClFN5/c28-18-9-5-16(6-10-18)26-31-22-4-2-1-3-21(22)27(34-26)30-20-12-7-17(8-13-20)25-32-23-14-11-19(29)15-24(23)33-25/h1-15H,(H,32,33)(H,30,31,34). The molecule has 2 N–H and O–H groups in total. The Morgan fingerprint density at radius 1 is 0.735 bits per heavy atom. The average Bonchev–Trinajstić information content (AvgIpc) is 3.28. The Morgan fingerprint density at radius 2 is 1.50 bits per heavy atom. The lowest BCUT2D eigenvalue weighted by molar-refractivity contribution is 0.629. The molecule has 5 nitrogen and oxygen atoms in total. The number of fused-ring (bicyclic) bond motifs is 2. The number of nitrogens with zero attached hydrogens (tertiary/aromatic N) is 3. The minimum Gasteiger partial charge on any atom is -0.340 e. The zero-order valence-electron chi connectivity index (χ0n) is 17.8. The number of aromatic nitrogens is 4. The molecule has 0 unspecified atom stereocenters. The summed E-state index contributed by atoms with van der Waals surface area (Å²) in [7, 11) is 0. The monoisotopic (exact) mass is 465 g/mol. The molecule has 2 aromatic heterocycles. The molecule has 0 aliphatic rings. The third-order valence-corrected chi connectivity index (χ3v) is 5.82. The largest absolute Gasteiger partial charge is 0.340 e. The second-order valence-corrected chi connectivity index (χ2v) is 8.31. The first-order valence-corrected chi connectivity index (χ1v) is 11.1. The molecule has 4 aromatic carbocycles. The van der Waals surface area contributed by atoms with Gasteiger partial charge in [0.15, 0.2) is 5.82 Å². The molecule has 0 aliphatic carbocycles. The number of aromatic amines is 1. The van der Waals surface area contributed by atoms with E-state index in [1.807, 2.05) is 72.8 Å². The average molecular weight is 466 g/mol. The number of rotatable bonds is 4. The van der Waals surface area contributed by atoms with Crippen molar-refractivity contribution in [2.45, 2.75) is 0 Å². The summed E-state index contributed by atoms with van der Waals surface area (Å²) in [4.78, 5) is 17.3. The van der Waals surface area contributed by atoms with Crippen LogP contribution in [0.3, 0.4) is 0 Å². The van der Waals surface area contributed by atoms with E-state index >= 15 is 0 Å². The topological polar surface area (TPSA) is 66.5 Å². The van der Waals surface area contributed by atoms with E-state index in [1.54, 1.807) is 6.07 Å². The van der Waals surface area contributed by atoms with Crippen molar-refractivity contribution in [2.24, 2.45) is 0 Å². The summed E-state index contributed by atoms with van der Waals surface area (Å²) < 4.78 is 13.5. The highest BCUT2D eigenvalue weighted by Gasteiger charge is 2.11. The van der Waals surface area contributed by atoms with Crippen LogP contribution in [-0.2, 0) is 0 Å². The Bertz CT molecular complexity index is 1640. The van der Waals surface area contributed by atoms with E-state index in [0.29, 0.717) is 28.0 Å². The van der Waals surface area contributed by atoms with Gasteiger partial charge in [0.1, 0.15) is 17.5 Å². The zero-order chi connectivity index (χ0) is 23.1. The van der Waals surface area contributed by atoms with E-state index in [-0.39, 0.29) is 5.82 Å². The molecule has 0 atom stereocenters. The van der Waals surface area contributed by atoms with Crippen LogP contribution in [0.2, 0.25) is 5.02 Å². The van der Waals surface area contributed by atoms with Gasteiger partial charge in [-0.2, -0.15) is 0 Å². The molecule has 0 aliphatic heterocycles. The maximum Gasteiger partial charge on any atom is 0.162 e. The van der Waals surface area contributed by atoms with Crippen LogP contribution in [0.4, 0.5) is 15.9 Å². The quantitative estimate of drug-likeness (QED) is 0.285. The molecule has 164 valence electrons. The van der Waals surface area contributed by atoms with Crippen LogP contribution in [0.25, 0.3) is 44.7 Å². The normalized spacial score (nSPS) is 11.2. The van der Waals surface area contributed by atoms with Crippen molar-refractivity contribution in [2.75, 3.05) is 5.32 Å². The number of benzene rings is 4. The highest BCUT2D eigenvalue weighted by Crippen LogP contribution is 2.29. The Morgan fingerprint density at radius 3 is 2.32 bits per heavy atom. The van der Waals surface area contributed by atoms with Gasteiger partial charge in [0.25, 0.3) is 0 Å². The zero-order valence-corrected chi connectivity index (χ0v) is 18.5. The number of hydrogen-bond donors (Lipinski definition) is 2. The predicted molar refractivity (Wildman–Crippen MR) is 135 cm³/mol. The first-order valence-electron chi connectivity index (χ1n) is 10.7. The number of halogens is 2. The van der Waals surface area contributed by atoms with E-state index in [9.17, 15) is 4.39 Å². The Kier molecular flexibility index (Phi) is 4.93. The van der Waals surface area contributed by atoms with Gasteiger partial charge >= 0.3 is 0 Å². The van der Waals surface area contributed by atoms with Crippen molar-refractivity contribution in [3.63, 3.8) is 0 Å². The molecular formula is C27H17ClFN5. The number of anilines is 2. The van der Waals surface area contributed by atoms with Crippen LogP contribution in [0.15, 0.2) is 91.0 Å². The molecule has 0 saturated carbocycles. The first-order chi connectivity index (χ1) is 16.6. The Balaban J connectivity index is 1.34. The van der Waals surface area contributed by atoms with E-state index < -0.39 is 0 Å². The van der Waals surface area contributed by atoms with Crippen LogP contribution in [0.5, 0.6) is 0 Å². The second kappa shape index (κ2) is 8.24. The number of para-hydroxylation sites is 1. The highest BCUT2D eigenvalue weighted by molar-refractivity contribution is 6.30. The highest BCUT2D eigenvalue weighted by atomic mass is 35.5. The van der Waals surface area contributed by atoms with Crippen LogP contribution in [0, 0.1) is 5.82 Å². The molecule has 0 spiro atoms. The van der Waals surface area contributed by atoms with E-state index in [0.717, 1.165) is 33.2 Å². The number of nitrogens with one attached hydrogen (secondary N) is 2. The van der Waals surface area contributed by atoms with Crippen molar-refractivity contribution in [3.05, 3.63) is 102 Å². The van der Waals surface area contributed by atoms with E-state index in [4.69, 9.17) is 21.6 Å². The number of imidazole rings is 1. The number of hydrogen-bond acceptors (Lipinski definition) is 4. The summed E-state index contributed by atoms with van der Waals surface area (Å²) in [6.07, 6.45) is 0. The van der Waals surface area contributed by atoms with Crippen molar-refractivity contribution >= 4 is 45.0 Å². The van der Waals surface area contributed by atoms with E-state index in [2.05, 4.69) is 15.3 Å². The maximum absolute atomic E-state index is 13.5. The molecule has 34 heavy (non-hydrogen) atoms. The third-order valence-electron chi connectivity index (χ3n) is 5.57. The molecule has 2 heterocycles. The van der Waals surface area contributed by atoms with Gasteiger partial charge in [0, 0.05) is 27.2 Å². The smallest absolute Gasteiger partial charge is 0.162 e. The van der Waals surface area contributed by atoms with Gasteiger partial charge < -0.3 is 10.3 Å². The summed E-state index contributed by atoms with van der Waals surface area (Å²) in [5, 5.41) is 5.01. The molecule has 0 amide bonds. The van der Waals surface area contributed by atoms with Crippen LogP contribution >= 0.6 is 11.6 Å². The maximum atomic E-state index is 13.5. The van der Waals surface area contributed by atoms with Crippen molar-refractivity contribution in [3.8, 4) is 22.8 Å². The summed E-state index contributed by atoms with van der Waals surface area (Å²) >= 11 is 6.04. The van der Waals surface area contributed by atoms with Crippen LogP contribution < -0.4 is 5.32 Å². The third kappa shape index (κ3) is 3.84. The number of H-pyrrole nitrogens is 1. The van der Waals surface area contributed by atoms with Gasteiger partial charge in [-0.3, -0.25) is 0 Å². The first kappa shape index (κ1) is 20.3. The lowest BCUT2D eigenvalue weighted by atomic mass is 10.1. The van der Waals surface area contributed by atoms with Crippen LogP contribution in [0.1, 0.15) is 0 Å². The van der Waals surface area contributed by atoms with Gasteiger partial charge in [0.05, 0.1) is 16.6 Å². The van der Waals surface area contributed by atoms with Gasteiger partial charge in [-0.15, -0.1) is 0 Å². The molecular weight excluding hydrogens is 449 g/mol. The molecule has 0 bridgehead atoms. The SMILES string of the molecule is Fc1ccc2nc(-c3ccc(Nc4nc(-c5ccc(Cl)cc5)nc5ccccc45)cc3)[nH]c2c1. The molecule has 6 aromatic rings. The Labute approximate surface area is 199 Å². The molecule has 0 radical (unpaired) electrons. The second-order valence-electron chi connectivity index (χ2n) is 7.87. The fraction of sp³-hybridized carbons (Fsp3) is 0. The van der Waals surface area contributed by atoms with Crippen molar-refractivity contribution in [1.29, 1.82) is 0 Å². The van der Waals surface area contributed by atoms with E-state index in [1.165, 1.54) is 12.1 Å². The fourth-order valence-electron chi connectivity index (χ4n) is 3.87. The summed E-state index contributed by atoms with van der Waals surface area (Å²) in [6, 6.07) is 27.7. The minimum absolute atomic E-state index is 0.294. The molecule has 6 rings (SSSR count). The summed E-state index contributed by atoms with van der Waals surface area (Å²) in [5.74, 6) is 1.72. The lowest BCUT2D eigenvalue weighted by Crippen LogP contribution is -1.99. The Hall–Kier alpha value is -4.29. The molecule has 0 fully saturated rings. The fourth-order valence-corrected chi connectivity index (χ4v) is 3.99. The molecule has 0 saturated heterocycles. The predicted octanol–water partition coefficient (Wildman–Crippen LogP) is 7.38. The van der Waals surface area contributed by atoms with Crippen molar-refractivity contribution in [1.82, 2.24) is 19.9 Å². The summed E-state index contributed by atoms with van der Waals surface area (Å²) in [5.41, 5.74) is 4.89. The van der Waals surface area contributed by atoms with Gasteiger partial charge in [-0.05, 0) is 78.9 Å². The van der Waals surface area contributed by atoms with Gasteiger partial charge in [-0.1, -0.05) is 23.7 Å². The van der Waals surface area contributed by atoms with Gasteiger partial charge in [0.2, 0.25) is 0 Å². The van der Waals surface area contributed by atoms with Crippen LogP contribution in [-0.4, -0.2) is 19.9 Å². The van der Waals surface area contributed by atoms with Crippen molar-refractivity contribution < 1.29 is 4.39 Å². The minimum atomic E-state index is -0.294. The summed E-state index contributed by atoms with van der Waals surface area (Å²) in [6.45, 7) is 0. The molecule has 7 heteroatoms. The van der Waals surface area contributed by atoms with Gasteiger partial charge in [-0.25, -0.2) is 19.3 Å². The lowest BCUT2D eigenvalue weighted by Gasteiger charge is -2.11.